The zero-order valence-corrected chi connectivity index (χ0v) is 8.60. The summed E-state index contributed by atoms with van der Waals surface area (Å²) < 4.78 is 5.23. The minimum absolute atomic E-state index is 0.741. The van der Waals surface area contributed by atoms with Crippen molar-refractivity contribution in [1.29, 1.82) is 0 Å². The molecule has 2 heterocycles. The van der Waals surface area contributed by atoms with Gasteiger partial charge in [0.05, 0.1) is 5.69 Å². The lowest BCUT2D eigenvalue weighted by molar-refractivity contribution is 0.420. The fraction of sp³-hybridized carbons (Fsp3) is 0.273. The third kappa shape index (κ3) is 2.41. The average Bonchev–Trinajstić information content (AvgIpc) is 2.76. The molecular weight excluding hydrogens is 190 g/mol. The summed E-state index contributed by atoms with van der Waals surface area (Å²) in [6.45, 7) is 3.73. The number of aromatic nitrogens is 2. The molecule has 0 bridgehead atoms. The molecule has 4 heteroatoms. The Labute approximate surface area is 88.3 Å². The van der Waals surface area contributed by atoms with Gasteiger partial charge in [0.15, 0.2) is 5.76 Å². The molecule has 0 aliphatic carbocycles. The summed E-state index contributed by atoms with van der Waals surface area (Å²) >= 11 is 0. The van der Waals surface area contributed by atoms with Crippen LogP contribution >= 0.6 is 0 Å². The molecule has 4 nitrogen and oxygen atoms in total. The van der Waals surface area contributed by atoms with E-state index in [4.69, 9.17) is 4.52 Å². The lowest BCUT2D eigenvalue weighted by Gasteiger charge is -1.93. The monoisotopic (exact) mass is 203 g/mol. The van der Waals surface area contributed by atoms with Crippen LogP contribution in [-0.2, 0) is 6.54 Å². The van der Waals surface area contributed by atoms with Crippen LogP contribution in [0.4, 0.5) is 0 Å². The Balaban J connectivity index is 2.14. The van der Waals surface area contributed by atoms with Crippen molar-refractivity contribution < 1.29 is 4.52 Å². The van der Waals surface area contributed by atoms with E-state index in [1.165, 1.54) is 0 Å². The first kappa shape index (κ1) is 9.86. The highest BCUT2D eigenvalue weighted by molar-refractivity contribution is 5.56. The Morgan fingerprint density at radius 1 is 1.33 bits per heavy atom. The number of nitrogens with one attached hydrogen (secondary N) is 1. The van der Waals surface area contributed by atoms with E-state index in [0.29, 0.717) is 0 Å². The first-order valence-corrected chi connectivity index (χ1v) is 4.97. The number of hydrogen-bond acceptors (Lipinski definition) is 4. The highest BCUT2D eigenvalue weighted by atomic mass is 16.5. The highest BCUT2D eigenvalue weighted by Crippen LogP contribution is 2.18. The number of rotatable bonds is 4. The molecule has 0 spiro atoms. The Morgan fingerprint density at radius 3 is 2.87 bits per heavy atom. The van der Waals surface area contributed by atoms with E-state index in [2.05, 4.69) is 22.4 Å². The van der Waals surface area contributed by atoms with Gasteiger partial charge >= 0.3 is 0 Å². The van der Waals surface area contributed by atoms with Crippen molar-refractivity contribution in [2.75, 3.05) is 6.54 Å². The van der Waals surface area contributed by atoms with E-state index in [0.717, 1.165) is 30.1 Å². The third-order valence-corrected chi connectivity index (χ3v) is 2.08. The van der Waals surface area contributed by atoms with Gasteiger partial charge in [0.25, 0.3) is 0 Å². The van der Waals surface area contributed by atoms with E-state index in [1.54, 1.807) is 12.4 Å². The second kappa shape index (κ2) is 4.70. The van der Waals surface area contributed by atoms with Crippen LogP contribution in [0.3, 0.4) is 0 Å². The van der Waals surface area contributed by atoms with Crippen molar-refractivity contribution in [3.05, 3.63) is 36.3 Å². The minimum Gasteiger partial charge on any atom is -0.356 e. The SMILES string of the molecule is CCNCc1cc(-c2ccncc2)on1. The summed E-state index contributed by atoms with van der Waals surface area (Å²) in [4.78, 5) is 3.95. The molecule has 0 unspecified atom stereocenters. The first-order valence-electron chi connectivity index (χ1n) is 4.97. The van der Waals surface area contributed by atoms with Crippen molar-refractivity contribution in [2.45, 2.75) is 13.5 Å². The third-order valence-electron chi connectivity index (χ3n) is 2.08. The Morgan fingerprint density at radius 2 is 2.13 bits per heavy atom. The van der Waals surface area contributed by atoms with Gasteiger partial charge in [-0.1, -0.05) is 12.1 Å². The van der Waals surface area contributed by atoms with Gasteiger partial charge in [-0.3, -0.25) is 4.98 Å². The lowest BCUT2D eigenvalue weighted by Crippen LogP contribution is -2.11. The van der Waals surface area contributed by atoms with Crippen LogP contribution in [-0.4, -0.2) is 16.7 Å². The largest absolute Gasteiger partial charge is 0.356 e. The second-order valence-electron chi connectivity index (χ2n) is 3.20. The van der Waals surface area contributed by atoms with Crippen LogP contribution < -0.4 is 5.32 Å². The van der Waals surface area contributed by atoms with Crippen LogP contribution in [0.25, 0.3) is 11.3 Å². The summed E-state index contributed by atoms with van der Waals surface area (Å²) in [6, 6.07) is 5.74. The van der Waals surface area contributed by atoms with E-state index in [9.17, 15) is 0 Å². The van der Waals surface area contributed by atoms with Gasteiger partial charge in [0.2, 0.25) is 0 Å². The van der Waals surface area contributed by atoms with Crippen LogP contribution in [0.15, 0.2) is 35.1 Å². The molecular formula is C11H13N3O. The fourth-order valence-corrected chi connectivity index (χ4v) is 1.30. The predicted molar refractivity (Wildman–Crippen MR) is 57.1 cm³/mol. The van der Waals surface area contributed by atoms with Crippen molar-refractivity contribution in [1.82, 2.24) is 15.5 Å². The number of hydrogen-bond donors (Lipinski definition) is 1. The Bertz CT molecular complexity index is 411. The number of nitrogens with zero attached hydrogens (tertiary/aromatic N) is 2. The minimum atomic E-state index is 0.741. The molecule has 0 amide bonds. The maximum Gasteiger partial charge on any atom is 0.167 e. The lowest BCUT2D eigenvalue weighted by atomic mass is 10.2. The van der Waals surface area contributed by atoms with Crippen LogP contribution in [0.1, 0.15) is 12.6 Å². The fourth-order valence-electron chi connectivity index (χ4n) is 1.30. The van der Waals surface area contributed by atoms with Gasteiger partial charge in [-0.15, -0.1) is 0 Å². The van der Waals surface area contributed by atoms with E-state index in [1.807, 2.05) is 18.2 Å². The molecule has 0 fully saturated rings. The standard InChI is InChI=1S/C11H13N3O/c1-2-12-8-10-7-11(15-14-10)9-3-5-13-6-4-9/h3-7,12H,2,8H2,1H3. The van der Waals surface area contributed by atoms with Crippen molar-refractivity contribution in [3.63, 3.8) is 0 Å². The summed E-state index contributed by atoms with van der Waals surface area (Å²) in [7, 11) is 0. The summed E-state index contributed by atoms with van der Waals surface area (Å²) in [5.41, 5.74) is 1.92. The van der Waals surface area contributed by atoms with Gasteiger partial charge < -0.3 is 9.84 Å². The van der Waals surface area contributed by atoms with Gasteiger partial charge in [0, 0.05) is 30.6 Å². The molecule has 0 atom stereocenters. The van der Waals surface area contributed by atoms with Crippen LogP contribution in [0.2, 0.25) is 0 Å². The molecule has 0 radical (unpaired) electrons. The molecule has 0 aliphatic heterocycles. The normalized spacial score (nSPS) is 10.5. The molecule has 15 heavy (non-hydrogen) atoms. The Kier molecular flexibility index (Phi) is 3.09. The van der Waals surface area contributed by atoms with Crippen molar-refractivity contribution in [2.24, 2.45) is 0 Å². The average molecular weight is 203 g/mol. The van der Waals surface area contributed by atoms with Gasteiger partial charge in [0.1, 0.15) is 0 Å². The maximum atomic E-state index is 5.23. The van der Waals surface area contributed by atoms with Crippen molar-refractivity contribution in [3.8, 4) is 11.3 Å². The van der Waals surface area contributed by atoms with E-state index >= 15 is 0 Å². The zero-order chi connectivity index (χ0) is 10.5. The van der Waals surface area contributed by atoms with Crippen molar-refractivity contribution >= 4 is 0 Å². The van der Waals surface area contributed by atoms with E-state index in [-0.39, 0.29) is 0 Å². The molecule has 0 aromatic carbocycles. The van der Waals surface area contributed by atoms with Gasteiger partial charge in [-0.25, -0.2) is 0 Å². The zero-order valence-electron chi connectivity index (χ0n) is 8.60. The molecule has 2 aromatic heterocycles. The van der Waals surface area contributed by atoms with Crippen LogP contribution in [0.5, 0.6) is 0 Å². The summed E-state index contributed by atoms with van der Waals surface area (Å²) in [5.74, 6) is 0.783. The second-order valence-corrected chi connectivity index (χ2v) is 3.20. The molecule has 2 aromatic rings. The molecule has 78 valence electrons. The maximum absolute atomic E-state index is 5.23. The summed E-state index contributed by atoms with van der Waals surface area (Å²) in [5, 5.41) is 7.17. The van der Waals surface area contributed by atoms with E-state index < -0.39 is 0 Å². The first-order chi connectivity index (χ1) is 7.40. The molecule has 0 saturated carbocycles. The Hall–Kier alpha value is -1.68. The van der Waals surface area contributed by atoms with Gasteiger partial charge in [-0.2, -0.15) is 0 Å². The molecule has 1 N–H and O–H groups in total. The smallest absolute Gasteiger partial charge is 0.167 e. The quantitative estimate of drug-likeness (QED) is 0.823. The molecule has 0 saturated heterocycles. The topological polar surface area (TPSA) is 51.0 Å². The number of pyridine rings is 1. The van der Waals surface area contributed by atoms with Crippen LogP contribution in [0, 0.1) is 0 Å². The molecule has 2 rings (SSSR count). The predicted octanol–water partition coefficient (Wildman–Crippen LogP) is 1.85. The highest BCUT2D eigenvalue weighted by Gasteiger charge is 2.05. The summed E-state index contributed by atoms with van der Waals surface area (Å²) in [6.07, 6.45) is 3.48. The molecule has 0 aliphatic rings. The van der Waals surface area contributed by atoms with Gasteiger partial charge in [-0.05, 0) is 18.7 Å².